The van der Waals surface area contributed by atoms with Crippen LogP contribution in [0.2, 0.25) is 5.82 Å². The van der Waals surface area contributed by atoms with Gasteiger partial charge >= 0.3 is 13.1 Å². The highest BCUT2D eigenvalue weighted by Crippen LogP contribution is 2.42. The van der Waals surface area contributed by atoms with Crippen molar-refractivity contribution in [2.45, 2.75) is 77.7 Å². The fraction of sp³-hybridized carbons (Fsp3) is 0.542. The second-order valence-electron chi connectivity index (χ2n) is 8.43. The van der Waals surface area contributed by atoms with Crippen molar-refractivity contribution in [1.29, 1.82) is 0 Å². The van der Waals surface area contributed by atoms with Crippen molar-refractivity contribution >= 4 is 13.1 Å². The molecule has 0 aliphatic carbocycles. The zero-order valence-corrected chi connectivity index (χ0v) is 19.6. The molecule has 0 spiro atoms. The lowest BCUT2D eigenvalue weighted by atomic mass is 9.71. The number of hydrogen-bond acceptors (Lipinski definition) is 6. The number of ether oxygens (including phenoxy) is 3. The first kappa shape index (κ1) is 25.0. The normalized spacial score (nSPS) is 19.1. The van der Waals surface area contributed by atoms with Gasteiger partial charge in [-0.25, -0.2) is 0 Å². The van der Waals surface area contributed by atoms with Crippen LogP contribution in [0.4, 0.5) is 0 Å². The first-order valence-electron chi connectivity index (χ1n) is 10.8. The lowest BCUT2D eigenvalue weighted by Crippen LogP contribution is -2.41. The number of benzene rings is 1. The maximum Gasteiger partial charge on any atom is 0.472 e. The van der Waals surface area contributed by atoms with Gasteiger partial charge in [-0.2, -0.15) is 0 Å². The summed E-state index contributed by atoms with van der Waals surface area (Å²) in [5.41, 5.74) is -0.277. The molecule has 0 N–H and O–H groups in total. The molecule has 1 aromatic rings. The molecule has 2 unspecified atom stereocenters. The molecule has 2 rings (SSSR count). The Balaban J connectivity index is 2.29. The number of hydrogen-bond donors (Lipinski definition) is 0. The van der Waals surface area contributed by atoms with Crippen LogP contribution in [0.5, 0.6) is 5.75 Å². The van der Waals surface area contributed by atoms with Crippen LogP contribution in [0.3, 0.4) is 0 Å². The summed E-state index contributed by atoms with van der Waals surface area (Å²) in [7, 11) is -0.597. The summed E-state index contributed by atoms with van der Waals surface area (Å²) in [6.45, 7) is 16.1. The number of para-hydroxylation sites is 1. The Labute approximate surface area is 186 Å². The van der Waals surface area contributed by atoms with Crippen LogP contribution in [-0.2, 0) is 30.0 Å². The summed E-state index contributed by atoms with van der Waals surface area (Å²) < 4.78 is 29.7. The van der Waals surface area contributed by atoms with Gasteiger partial charge in [-0.05, 0) is 53.2 Å². The average molecular weight is 430 g/mol. The lowest BCUT2D eigenvalue weighted by Gasteiger charge is -2.32. The molecule has 0 radical (unpaired) electrons. The molecule has 31 heavy (non-hydrogen) atoms. The Morgan fingerprint density at radius 3 is 2.39 bits per heavy atom. The fourth-order valence-electron chi connectivity index (χ4n) is 3.08. The van der Waals surface area contributed by atoms with E-state index in [0.29, 0.717) is 17.9 Å². The van der Waals surface area contributed by atoms with E-state index in [2.05, 4.69) is 6.58 Å². The summed E-state index contributed by atoms with van der Waals surface area (Å²) in [6, 6.07) is 7.34. The number of rotatable bonds is 11. The van der Waals surface area contributed by atoms with Crippen molar-refractivity contribution in [2.24, 2.45) is 0 Å². The molecule has 0 amide bonds. The molecule has 0 aromatic heterocycles. The van der Waals surface area contributed by atoms with Crippen LogP contribution < -0.4 is 4.74 Å². The summed E-state index contributed by atoms with van der Waals surface area (Å²) in [5, 5.41) is 0. The predicted molar refractivity (Wildman–Crippen MR) is 122 cm³/mol. The molecule has 1 aliphatic rings. The molecule has 6 nitrogen and oxygen atoms in total. The van der Waals surface area contributed by atoms with Crippen LogP contribution >= 0.6 is 0 Å². The van der Waals surface area contributed by atoms with Crippen LogP contribution in [0, 0.1) is 0 Å². The Hall–Kier alpha value is -2.25. The maximum atomic E-state index is 12.0. The third-order valence-electron chi connectivity index (χ3n) is 5.57. The Morgan fingerprint density at radius 2 is 1.81 bits per heavy atom. The average Bonchev–Trinajstić information content (AvgIpc) is 2.91. The third kappa shape index (κ3) is 6.37. The van der Waals surface area contributed by atoms with Gasteiger partial charge in [-0.15, -0.1) is 6.58 Å². The van der Waals surface area contributed by atoms with E-state index in [-0.39, 0.29) is 12.4 Å². The molecule has 0 bridgehead atoms. The Kier molecular flexibility index (Phi) is 8.77. The van der Waals surface area contributed by atoms with Crippen LogP contribution in [-0.4, -0.2) is 37.2 Å². The molecule has 2 atom stereocenters. The largest absolute Gasteiger partial charge is 0.472 e. The summed E-state index contributed by atoms with van der Waals surface area (Å²) in [5.74, 6) is -0.194. The minimum Gasteiger partial charge on any atom is -0.466 e. The molecule has 1 heterocycles. The van der Waals surface area contributed by atoms with Crippen molar-refractivity contribution in [3.8, 4) is 5.75 Å². The van der Waals surface area contributed by atoms with Gasteiger partial charge in [-0.1, -0.05) is 31.2 Å². The number of allylic oxidation sites excluding steroid dienone is 1. The van der Waals surface area contributed by atoms with E-state index < -0.39 is 30.4 Å². The molecule has 1 aliphatic heterocycles. The molecular formula is C24H35BO6. The summed E-state index contributed by atoms with van der Waals surface area (Å²) in [6.07, 6.45) is 5.39. The van der Waals surface area contributed by atoms with Crippen molar-refractivity contribution in [1.82, 2.24) is 0 Å². The van der Waals surface area contributed by atoms with Gasteiger partial charge < -0.3 is 23.5 Å². The van der Waals surface area contributed by atoms with E-state index in [1.807, 2.05) is 58.9 Å². The SMILES string of the molecule is C=CC(B1OC(C)(C)C(C)(C)O1)C(O/C=C\CC)Oc1ccccc1CC(=O)OCC. The minimum absolute atomic E-state index is 0.108. The smallest absolute Gasteiger partial charge is 0.466 e. The lowest BCUT2D eigenvalue weighted by molar-refractivity contribution is -0.142. The topological polar surface area (TPSA) is 63.2 Å². The van der Waals surface area contributed by atoms with E-state index in [0.717, 1.165) is 6.42 Å². The molecule has 170 valence electrons. The van der Waals surface area contributed by atoms with Gasteiger partial charge in [0.15, 0.2) is 0 Å². The summed E-state index contributed by atoms with van der Waals surface area (Å²) >= 11 is 0. The zero-order valence-electron chi connectivity index (χ0n) is 19.6. The first-order chi connectivity index (χ1) is 14.6. The van der Waals surface area contributed by atoms with Gasteiger partial charge in [0.2, 0.25) is 6.29 Å². The second-order valence-corrected chi connectivity index (χ2v) is 8.43. The van der Waals surface area contributed by atoms with Crippen LogP contribution in [0.25, 0.3) is 0 Å². The highest BCUT2D eigenvalue weighted by Gasteiger charge is 2.55. The third-order valence-corrected chi connectivity index (χ3v) is 5.57. The number of carbonyl (C=O) groups is 1. The highest BCUT2D eigenvalue weighted by molar-refractivity contribution is 6.48. The van der Waals surface area contributed by atoms with E-state index in [1.54, 1.807) is 25.3 Å². The van der Waals surface area contributed by atoms with E-state index >= 15 is 0 Å². The van der Waals surface area contributed by atoms with Crippen LogP contribution in [0.15, 0.2) is 49.3 Å². The Morgan fingerprint density at radius 1 is 1.16 bits per heavy atom. The molecule has 0 saturated carbocycles. The first-order valence-corrected chi connectivity index (χ1v) is 10.8. The Bertz CT molecular complexity index is 757. The van der Waals surface area contributed by atoms with E-state index in [1.165, 1.54) is 0 Å². The highest BCUT2D eigenvalue weighted by atomic mass is 16.7. The van der Waals surface area contributed by atoms with Gasteiger partial charge in [0.1, 0.15) is 5.75 Å². The fourth-order valence-corrected chi connectivity index (χ4v) is 3.08. The molecule has 1 aromatic carbocycles. The van der Waals surface area contributed by atoms with Crippen molar-refractivity contribution in [3.63, 3.8) is 0 Å². The van der Waals surface area contributed by atoms with Gasteiger partial charge in [0.05, 0.1) is 36.3 Å². The van der Waals surface area contributed by atoms with E-state index in [9.17, 15) is 4.79 Å². The summed E-state index contributed by atoms with van der Waals surface area (Å²) in [4.78, 5) is 12.0. The number of esters is 1. The van der Waals surface area contributed by atoms with Gasteiger partial charge in [-0.3, -0.25) is 4.79 Å². The minimum atomic E-state index is -0.765. The zero-order chi connectivity index (χ0) is 23.1. The van der Waals surface area contributed by atoms with Crippen molar-refractivity contribution < 1.29 is 28.3 Å². The maximum absolute atomic E-state index is 12.0. The monoisotopic (exact) mass is 430 g/mol. The van der Waals surface area contributed by atoms with Crippen LogP contribution in [0.1, 0.15) is 53.5 Å². The molecular weight excluding hydrogens is 395 g/mol. The van der Waals surface area contributed by atoms with Gasteiger partial charge in [0.25, 0.3) is 0 Å². The molecule has 1 fully saturated rings. The van der Waals surface area contributed by atoms with Gasteiger partial charge in [0, 0.05) is 5.56 Å². The quantitative estimate of drug-likeness (QED) is 0.160. The van der Waals surface area contributed by atoms with Crippen molar-refractivity contribution in [3.05, 3.63) is 54.8 Å². The predicted octanol–water partition coefficient (Wildman–Crippen LogP) is 5.09. The van der Waals surface area contributed by atoms with E-state index in [4.69, 9.17) is 23.5 Å². The molecule has 1 saturated heterocycles. The standard InChI is InChI=1S/C24H35BO6/c1-8-11-16-28-22(19(9-2)25-30-23(4,5)24(6,7)31-25)29-20-15-13-12-14-18(20)17-21(26)27-10-3/h9,11-16,19,22H,2,8,10,17H2,1,3-7H3/b16-11-. The second kappa shape index (κ2) is 10.9. The van der Waals surface area contributed by atoms with Crippen molar-refractivity contribution in [2.75, 3.05) is 6.61 Å². The number of carbonyl (C=O) groups excluding carboxylic acids is 1. The molecule has 7 heteroatoms.